The van der Waals surface area contributed by atoms with Crippen molar-refractivity contribution in [2.75, 3.05) is 13.2 Å². The van der Waals surface area contributed by atoms with Gasteiger partial charge in [-0.3, -0.25) is 5.01 Å². The minimum atomic E-state index is -1.16. The van der Waals surface area contributed by atoms with E-state index in [0.717, 1.165) is 5.01 Å². The first-order valence-electron chi connectivity index (χ1n) is 6.22. The predicted molar refractivity (Wildman–Crippen MR) is 71.4 cm³/mol. The SMILES string of the molecule is CC(C)CN(N)C(=O)N[C@@H](COC(C)(C)C)C(=O)O. The van der Waals surface area contributed by atoms with Gasteiger partial charge in [0.05, 0.1) is 12.2 Å². The van der Waals surface area contributed by atoms with Crippen LogP contribution in [0.1, 0.15) is 34.6 Å². The number of hydrazine groups is 1. The Hall–Kier alpha value is -1.34. The molecule has 0 saturated heterocycles. The molecule has 2 amide bonds. The highest BCUT2D eigenvalue weighted by Gasteiger charge is 2.24. The lowest BCUT2D eigenvalue weighted by atomic mass is 10.2. The van der Waals surface area contributed by atoms with Crippen LogP contribution in [0, 0.1) is 5.92 Å². The summed E-state index contributed by atoms with van der Waals surface area (Å²) in [5.74, 6) is 4.58. The van der Waals surface area contributed by atoms with E-state index in [2.05, 4.69) is 5.32 Å². The molecule has 0 bridgehead atoms. The molecule has 0 aliphatic heterocycles. The van der Waals surface area contributed by atoms with Crippen LogP contribution >= 0.6 is 0 Å². The van der Waals surface area contributed by atoms with Crippen molar-refractivity contribution in [2.24, 2.45) is 11.8 Å². The number of carbonyl (C=O) groups is 2. The molecule has 4 N–H and O–H groups in total. The van der Waals surface area contributed by atoms with Crippen LogP contribution in [0.15, 0.2) is 0 Å². The maximum atomic E-state index is 11.7. The number of nitrogens with one attached hydrogen (secondary N) is 1. The number of ether oxygens (including phenoxy) is 1. The molecule has 0 radical (unpaired) electrons. The molecule has 0 spiro atoms. The maximum absolute atomic E-state index is 11.7. The van der Waals surface area contributed by atoms with Gasteiger partial charge in [0.15, 0.2) is 6.04 Å². The molecule has 0 aromatic carbocycles. The van der Waals surface area contributed by atoms with Gasteiger partial charge < -0.3 is 15.2 Å². The van der Waals surface area contributed by atoms with Crippen LogP contribution in [0.25, 0.3) is 0 Å². The van der Waals surface area contributed by atoms with Gasteiger partial charge in [-0.25, -0.2) is 15.4 Å². The number of nitrogens with zero attached hydrogens (tertiary/aromatic N) is 1. The third-order valence-electron chi connectivity index (χ3n) is 2.10. The number of aliphatic carboxylic acids is 1. The van der Waals surface area contributed by atoms with E-state index >= 15 is 0 Å². The Morgan fingerprint density at radius 2 is 1.89 bits per heavy atom. The number of carboxylic acid groups (broad SMARTS) is 1. The van der Waals surface area contributed by atoms with Crippen molar-refractivity contribution >= 4 is 12.0 Å². The van der Waals surface area contributed by atoms with Crippen molar-refractivity contribution in [3.05, 3.63) is 0 Å². The van der Waals surface area contributed by atoms with Gasteiger partial charge in [-0.05, 0) is 26.7 Å². The largest absolute Gasteiger partial charge is 0.480 e. The molecule has 0 rings (SSSR count). The molecule has 0 aromatic heterocycles. The Morgan fingerprint density at radius 1 is 1.37 bits per heavy atom. The minimum Gasteiger partial charge on any atom is -0.480 e. The lowest BCUT2D eigenvalue weighted by molar-refractivity contribution is -0.142. The van der Waals surface area contributed by atoms with Crippen LogP contribution in [0.4, 0.5) is 4.79 Å². The second-order valence-electron chi connectivity index (χ2n) is 5.81. The van der Waals surface area contributed by atoms with Crippen LogP contribution in [0.5, 0.6) is 0 Å². The van der Waals surface area contributed by atoms with Crippen molar-refractivity contribution < 1.29 is 19.4 Å². The molecular weight excluding hydrogens is 250 g/mol. The number of amides is 2. The number of carboxylic acids is 1. The van der Waals surface area contributed by atoms with Crippen molar-refractivity contribution in [3.8, 4) is 0 Å². The normalized spacial score (nSPS) is 13.2. The molecule has 0 fully saturated rings. The number of rotatable bonds is 6. The van der Waals surface area contributed by atoms with Gasteiger partial charge in [0, 0.05) is 6.54 Å². The van der Waals surface area contributed by atoms with Crippen LogP contribution in [-0.2, 0) is 9.53 Å². The van der Waals surface area contributed by atoms with Gasteiger partial charge in [0.1, 0.15) is 0 Å². The highest BCUT2D eigenvalue weighted by molar-refractivity contribution is 5.82. The van der Waals surface area contributed by atoms with E-state index in [9.17, 15) is 9.59 Å². The standard InChI is InChI=1S/C12H25N3O4/c1-8(2)6-15(13)11(18)14-9(10(16)17)7-19-12(3,4)5/h8-9H,6-7,13H2,1-5H3,(H,14,18)(H,16,17)/t9-/m0/s1. The summed E-state index contributed by atoms with van der Waals surface area (Å²) >= 11 is 0. The summed E-state index contributed by atoms with van der Waals surface area (Å²) in [6, 6.07) is -1.75. The molecule has 0 aliphatic carbocycles. The number of nitrogens with two attached hydrogens (primary N) is 1. The third kappa shape index (κ3) is 8.39. The first kappa shape index (κ1) is 17.7. The minimum absolute atomic E-state index is 0.111. The lowest BCUT2D eigenvalue weighted by Crippen LogP contribution is -2.53. The second kappa shape index (κ2) is 7.30. The molecule has 0 aromatic rings. The Bertz CT molecular complexity index is 313. The van der Waals surface area contributed by atoms with Crippen molar-refractivity contribution in [1.29, 1.82) is 0 Å². The van der Waals surface area contributed by atoms with E-state index in [-0.39, 0.29) is 12.5 Å². The van der Waals surface area contributed by atoms with Gasteiger partial charge in [-0.2, -0.15) is 0 Å². The van der Waals surface area contributed by atoms with E-state index in [1.807, 2.05) is 34.6 Å². The van der Waals surface area contributed by atoms with Gasteiger partial charge >= 0.3 is 12.0 Å². The van der Waals surface area contributed by atoms with Crippen molar-refractivity contribution in [2.45, 2.75) is 46.3 Å². The van der Waals surface area contributed by atoms with E-state index in [1.54, 1.807) is 0 Å². The summed E-state index contributed by atoms with van der Waals surface area (Å²) in [5.41, 5.74) is -0.473. The summed E-state index contributed by atoms with van der Waals surface area (Å²) in [4.78, 5) is 22.7. The average Bonchev–Trinajstić information content (AvgIpc) is 2.20. The molecule has 19 heavy (non-hydrogen) atoms. The summed E-state index contributed by atoms with van der Waals surface area (Å²) in [7, 11) is 0. The van der Waals surface area contributed by atoms with Crippen LogP contribution < -0.4 is 11.2 Å². The first-order valence-corrected chi connectivity index (χ1v) is 6.22. The molecule has 0 saturated carbocycles. The Balaban J connectivity index is 4.42. The maximum Gasteiger partial charge on any atom is 0.332 e. The zero-order valence-electron chi connectivity index (χ0n) is 12.3. The molecule has 1 atom stereocenters. The topological polar surface area (TPSA) is 105 Å². The van der Waals surface area contributed by atoms with E-state index < -0.39 is 23.6 Å². The van der Waals surface area contributed by atoms with Crippen molar-refractivity contribution in [3.63, 3.8) is 0 Å². The molecule has 0 heterocycles. The average molecular weight is 275 g/mol. The van der Waals surface area contributed by atoms with E-state index in [0.29, 0.717) is 6.54 Å². The fourth-order valence-corrected chi connectivity index (χ4v) is 1.22. The Kier molecular flexibility index (Phi) is 6.78. The number of carbonyl (C=O) groups excluding carboxylic acids is 1. The van der Waals surface area contributed by atoms with E-state index in [4.69, 9.17) is 15.7 Å². The monoisotopic (exact) mass is 275 g/mol. The molecule has 0 unspecified atom stereocenters. The number of hydrogen-bond donors (Lipinski definition) is 3. The Morgan fingerprint density at radius 3 is 2.26 bits per heavy atom. The molecule has 112 valence electrons. The van der Waals surface area contributed by atoms with Gasteiger partial charge in [0.2, 0.25) is 0 Å². The zero-order chi connectivity index (χ0) is 15.2. The second-order valence-corrected chi connectivity index (χ2v) is 5.81. The van der Waals surface area contributed by atoms with Crippen LogP contribution in [0.2, 0.25) is 0 Å². The molecular formula is C12H25N3O4. The quantitative estimate of drug-likeness (QED) is 0.378. The van der Waals surface area contributed by atoms with E-state index in [1.165, 1.54) is 0 Å². The molecule has 7 nitrogen and oxygen atoms in total. The first-order chi connectivity index (χ1) is 8.53. The fraction of sp³-hybridized carbons (Fsp3) is 0.833. The van der Waals surface area contributed by atoms with Gasteiger partial charge in [0.25, 0.3) is 0 Å². The van der Waals surface area contributed by atoms with Gasteiger partial charge in [-0.1, -0.05) is 13.8 Å². The molecule has 7 heteroatoms. The summed E-state index contributed by atoms with van der Waals surface area (Å²) in [6.45, 7) is 9.47. The summed E-state index contributed by atoms with van der Waals surface area (Å²) in [6.07, 6.45) is 0. The predicted octanol–water partition coefficient (Wildman–Crippen LogP) is 0.796. The highest BCUT2D eigenvalue weighted by atomic mass is 16.5. The number of urea groups is 1. The summed E-state index contributed by atoms with van der Waals surface area (Å²) < 4.78 is 5.36. The smallest absolute Gasteiger partial charge is 0.332 e. The number of hydrogen-bond acceptors (Lipinski definition) is 4. The Labute approximate surface area is 114 Å². The van der Waals surface area contributed by atoms with Crippen molar-refractivity contribution in [1.82, 2.24) is 10.3 Å². The lowest BCUT2D eigenvalue weighted by Gasteiger charge is -2.25. The van der Waals surface area contributed by atoms with Gasteiger partial charge in [-0.15, -0.1) is 0 Å². The summed E-state index contributed by atoms with van der Waals surface area (Å²) in [5, 5.41) is 12.3. The van der Waals surface area contributed by atoms with Crippen LogP contribution in [0.3, 0.4) is 0 Å². The third-order valence-corrected chi connectivity index (χ3v) is 2.10. The highest BCUT2D eigenvalue weighted by Crippen LogP contribution is 2.07. The zero-order valence-corrected chi connectivity index (χ0v) is 12.3. The van der Waals surface area contributed by atoms with Crippen LogP contribution in [-0.4, -0.2) is 46.9 Å². The fourth-order valence-electron chi connectivity index (χ4n) is 1.22. The molecule has 0 aliphatic rings.